The van der Waals surface area contributed by atoms with E-state index in [1.54, 1.807) is 18.4 Å². The molecule has 1 aliphatic heterocycles. The SMILES string of the molecule is CC[C@@H]1CN(Cc2nnc(-c3ccco3)o2)CCC(=O)N1Cc1ccccc1. The molecule has 0 aliphatic carbocycles. The molecule has 4 rings (SSSR count). The van der Waals surface area contributed by atoms with Crippen LogP contribution in [0.5, 0.6) is 0 Å². The van der Waals surface area contributed by atoms with E-state index in [0.29, 0.717) is 43.6 Å². The van der Waals surface area contributed by atoms with Gasteiger partial charge in [-0.15, -0.1) is 10.2 Å². The minimum atomic E-state index is 0.155. The monoisotopic (exact) mass is 380 g/mol. The molecule has 1 aliphatic rings. The fourth-order valence-electron chi connectivity index (χ4n) is 3.59. The molecular weight excluding hydrogens is 356 g/mol. The van der Waals surface area contributed by atoms with E-state index < -0.39 is 0 Å². The van der Waals surface area contributed by atoms with Crippen LogP contribution in [0.3, 0.4) is 0 Å². The lowest BCUT2D eigenvalue weighted by Gasteiger charge is -2.31. The van der Waals surface area contributed by atoms with E-state index in [0.717, 1.165) is 18.5 Å². The molecule has 0 bridgehead atoms. The Bertz CT molecular complexity index is 892. The van der Waals surface area contributed by atoms with Gasteiger partial charge in [-0.25, -0.2) is 0 Å². The van der Waals surface area contributed by atoms with E-state index in [4.69, 9.17) is 8.83 Å². The van der Waals surface area contributed by atoms with E-state index in [-0.39, 0.29) is 11.9 Å². The second kappa shape index (κ2) is 8.39. The average molecular weight is 380 g/mol. The summed E-state index contributed by atoms with van der Waals surface area (Å²) < 4.78 is 11.0. The van der Waals surface area contributed by atoms with Crippen molar-refractivity contribution in [1.82, 2.24) is 20.0 Å². The van der Waals surface area contributed by atoms with E-state index in [1.165, 1.54) is 0 Å². The van der Waals surface area contributed by atoms with Gasteiger partial charge in [0.05, 0.1) is 12.8 Å². The van der Waals surface area contributed by atoms with Crippen molar-refractivity contribution in [3.8, 4) is 11.7 Å². The molecule has 3 heterocycles. The fraction of sp³-hybridized carbons (Fsp3) is 0.381. The van der Waals surface area contributed by atoms with Crippen LogP contribution in [0.4, 0.5) is 0 Å². The van der Waals surface area contributed by atoms with Gasteiger partial charge in [-0.05, 0) is 24.1 Å². The highest BCUT2D eigenvalue weighted by Crippen LogP contribution is 2.21. The molecule has 0 N–H and O–H groups in total. The summed E-state index contributed by atoms with van der Waals surface area (Å²) in [6, 6.07) is 13.9. The molecule has 7 heteroatoms. The number of furan rings is 1. The van der Waals surface area contributed by atoms with Gasteiger partial charge in [0, 0.05) is 32.1 Å². The van der Waals surface area contributed by atoms with Crippen LogP contribution < -0.4 is 0 Å². The van der Waals surface area contributed by atoms with Gasteiger partial charge in [0.25, 0.3) is 5.89 Å². The van der Waals surface area contributed by atoms with Crippen LogP contribution >= 0.6 is 0 Å². The molecule has 3 aromatic rings. The van der Waals surface area contributed by atoms with E-state index >= 15 is 0 Å². The molecule has 0 saturated carbocycles. The summed E-state index contributed by atoms with van der Waals surface area (Å²) in [4.78, 5) is 17.0. The number of carbonyl (C=O) groups is 1. The predicted molar refractivity (Wildman–Crippen MR) is 103 cm³/mol. The van der Waals surface area contributed by atoms with Crippen molar-refractivity contribution < 1.29 is 13.6 Å². The zero-order valence-electron chi connectivity index (χ0n) is 16.0. The van der Waals surface area contributed by atoms with Gasteiger partial charge in [0.2, 0.25) is 11.8 Å². The van der Waals surface area contributed by atoms with Gasteiger partial charge in [-0.2, -0.15) is 0 Å². The quantitative estimate of drug-likeness (QED) is 0.653. The summed E-state index contributed by atoms with van der Waals surface area (Å²) in [5, 5.41) is 8.19. The van der Waals surface area contributed by atoms with Crippen molar-refractivity contribution >= 4 is 5.91 Å². The Kier molecular flexibility index (Phi) is 5.53. The Morgan fingerprint density at radius 1 is 1.11 bits per heavy atom. The third-order valence-corrected chi connectivity index (χ3v) is 5.10. The molecule has 28 heavy (non-hydrogen) atoms. The zero-order valence-corrected chi connectivity index (χ0v) is 16.0. The first kappa shape index (κ1) is 18.4. The number of carbonyl (C=O) groups excluding carboxylic acids is 1. The number of aromatic nitrogens is 2. The van der Waals surface area contributed by atoms with Crippen LogP contribution in [0.1, 0.15) is 31.2 Å². The summed E-state index contributed by atoms with van der Waals surface area (Å²) in [5.41, 5.74) is 1.16. The summed E-state index contributed by atoms with van der Waals surface area (Å²) in [5.74, 6) is 1.67. The van der Waals surface area contributed by atoms with Crippen LogP contribution in [0.2, 0.25) is 0 Å². The number of rotatable bonds is 6. The van der Waals surface area contributed by atoms with Crippen LogP contribution in [-0.4, -0.2) is 45.0 Å². The lowest BCUT2D eigenvalue weighted by Crippen LogP contribution is -2.42. The molecule has 1 fully saturated rings. The number of nitrogens with zero attached hydrogens (tertiary/aromatic N) is 4. The van der Waals surface area contributed by atoms with Gasteiger partial charge in [0.15, 0.2) is 5.76 Å². The maximum absolute atomic E-state index is 12.8. The van der Waals surface area contributed by atoms with Gasteiger partial charge in [0.1, 0.15) is 0 Å². The first-order valence-corrected chi connectivity index (χ1v) is 9.65. The summed E-state index contributed by atoms with van der Waals surface area (Å²) >= 11 is 0. The summed E-state index contributed by atoms with van der Waals surface area (Å²) in [7, 11) is 0. The molecule has 2 aromatic heterocycles. The maximum atomic E-state index is 12.8. The molecule has 0 unspecified atom stereocenters. The first-order valence-electron chi connectivity index (χ1n) is 9.65. The van der Waals surface area contributed by atoms with Gasteiger partial charge >= 0.3 is 0 Å². The lowest BCUT2D eigenvalue weighted by molar-refractivity contribution is -0.133. The highest BCUT2D eigenvalue weighted by molar-refractivity contribution is 5.77. The Morgan fingerprint density at radius 3 is 2.71 bits per heavy atom. The Morgan fingerprint density at radius 2 is 1.96 bits per heavy atom. The van der Waals surface area contributed by atoms with E-state index in [9.17, 15) is 4.79 Å². The molecule has 0 spiro atoms. The Labute approximate surface area is 164 Å². The fourth-order valence-corrected chi connectivity index (χ4v) is 3.59. The van der Waals surface area contributed by atoms with Crippen molar-refractivity contribution in [2.45, 2.75) is 38.9 Å². The molecule has 0 radical (unpaired) electrons. The van der Waals surface area contributed by atoms with Crippen molar-refractivity contribution in [3.63, 3.8) is 0 Å². The minimum Gasteiger partial charge on any atom is -0.459 e. The topological polar surface area (TPSA) is 75.6 Å². The van der Waals surface area contributed by atoms with Crippen LogP contribution in [0.15, 0.2) is 57.6 Å². The third-order valence-electron chi connectivity index (χ3n) is 5.10. The summed E-state index contributed by atoms with van der Waals surface area (Å²) in [6.07, 6.45) is 2.96. The molecular formula is C21H24N4O3. The minimum absolute atomic E-state index is 0.155. The van der Waals surface area contributed by atoms with Crippen molar-refractivity contribution in [2.75, 3.05) is 13.1 Å². The summed E-state index contributed by atoms with van der Waals surface area (Å²) in [6.45, 7) is 4.76. The Hall–Kier alpha value is -2.93. The first-order chi connectivity index (χ1) is 13.7. The molecule has 1 amide bonds. The predicted octanol–water partition coefficient (Wildman–Crippen LogP) is 3.34. The van der Waals surface area contributed by atoms with Crippen molar-refractivity contribution in [1.29, 1.82) is 0 Å². The van der Waals surface area contributed by atoms with Crippen LogP contribution in [-0.2, 0) is 17.9 Å². The normalized spacial score (nSPS) is 18.4. The molecule has 7 nitrogen and oxygen atoms in total. The number of hydrogen-bond donors (Lipinski definition) is 0. The van der Waals surface area contributed by atoms with Gasteiger partial charge < -0.3 is 13.7 Å². The number of hydrogen-bond acceptors (Lipinski definition) is 6. The van der Waals surface area contributed by atoms with Crippen LogP contribution in [0.25, 0.3) is 11.7 Å². The maximum Gasteiger partial charge on any atom is 0.283 e. The van der Waals surface area contributed by atoms with Gasteiger partial charge in [-0.3, -0.25) is 9.69 Å². The molecule has 146 valence electrons. The van der Waals surface area contributed by atoms with Crippen LogP contribution in [0, 0.1) is 0 Å². The molecule has 1 aromatic carbocycles. The zero-order chi connectivity index (χ0) is 19.3. The third kappa shape index (κ3) is 4.14. The smallest absolute Gasteiger partial charge is 0.283 e. The second-order valence-corrected chi connectivity index (χ2v) is 7.03. The number of amides is 1. The van der Waals surface area contributed by atoms with Crippen molar-refractivity contribution in [3.05, 3.63) is 60.2 Å². The van der Waals surface area contributed by atoms with Crippen molar-refractivity contribution in [2.24, 2.45) is 0 Å². The highest BCUT2D eigenvalue weighted by Gasteiger charge is 2.29. The van der Waals surface area contributed by atoms with E-state index in [2.05, 4.69) is 34.2 Å². The lowest BCUT2D eigenvalue weighted by atomic mass is 10.1. The molecule has 1 saturated heterocycles. The Balaban J connectivity index is 1.45. The average Bonchev–Trinajstić information content (AvgIpc) is 3.38. The molecule has 1 atom stereocenters. The highest BCUT2D eigenvalue weighted by atomic mass is 16.4. The van der Waals surface area contributed by atoms with E-state index in [1.807, 2.05) is 23.1 Å². The van der Waals surface area contributed by atoms with Gasteiger partial charge in [-0.1, -0.05) is 37.3 Å². The largest absolute Gasteiger partial charge is 0.459 e. The second-order valence-electron chi connectivity index (χ2n) is 7.03. The number of benzene rings is 1. The standard InChI is InChI=1S/C21H24N4O3/c1-2-17-14-24(15-19-22-23-21(28-19)18-9-6-12-27-18)11-10-20(26)25(17)13-16-7-4-3-5-8-16/h3-9,12,17H,2,10-11,13-15H2,1H3/t17-/m1/s1.